The van der Waals surface area contributed by atoms with E-state index in [4.69, 9.17) is 0 Å². The van der Waals surface area contributed by atoms with Crippen molar-refractivity contribution in [3.63, 3.8) is 0 Å². The average molecular weight is 337 g/mol. The maximum absolute atomic E-state index is 13.7. The van der Waals surface area contributed by atoms with Gasteiger partial charge in [0.15, 0.2) is 0 Å². The summed E-state index contributed by atoms with van der Waals surface area (Å²) in [5.74, 6) is -1.04. The molecule has 2 aromatic carbocycles. The molecule has 0 saturated heterocycles. The number of nitrogens with zero attached hydrogens (tertiary/aromatic N) is 1. The normalized spacial score (nSPS) is 10.2. The Morgan fingerprint density at radius 3 is 2.55 bits per heavy atom. The molecular formula is C15H14BrFN2O. The molecule has 5 heteroatoms. The Morgan fingerprint density at radius 2 is 1.90 bits per heavy atom. The second-order valence-corrected chi connectivity index (χ2v) is 5.35. The zero-order chi connectivity index (χ0) is 14.7. The number of rotatable bonds is 3. The molecule has 0 aromatic heterocycles. The van der Waals surface area contributed by atoms with Crippen LogP contribution >= 0.6 is 15.9 Å². The largest absolute Gasteiger partial charge is 0.378 e. The third-order valence-corrected chi connectivity index (χ3v) is 3.47. The van der Waals surface area contributed by atoms with Crippen molar-refractivity contribution in [2.24, 2.45) is 0 Å². The van der Waals surface area contributed by atoms with Gasteiger partial charge in [-0.2, -0.15) is 0 Å². The van der Waals surface area contributed by atoms with Gasteiger partial charge in [-0.1, -0.05) is 12.1 Å². The van der Waals surface area contributed by atoms with Crippen molar-refractivity contribution in [3.8, 4) is 0 Å². The minimum Gasteiger partial charge on any atom is -0.378 e. The van der Waals surface area contributed by atoms with E-state index in [9.17, 15) is 9.18 Å². The lowest BCUT2D eigenvalue weighted by molar-refractivity contribution is 0.102. The van der Waals surface area contributed by atoms with Crippen LogP contribution in [0.5, 0.6) is 0 Å². The number of anilines is 2. The van der Waals surface area contributed by atoms with Gasteiger partial charge in [0.1, 0.15) is 5.82 Å². The SMILES string of the molecule is CN(C)c1cccc(NC(=O)c2c(F)cccc2Br)c1. The van der Waals surface area contributed by atoms with Crippen molar-refractivity contribution in [1.29, 1.82) is 0 Å². The highest BCUT2D eigenvalue weighted by Crippen LogP contribution is 2.22. The molecule has 0 aliphatic carbocycles. The molecule has 0 bridgehead atoms. The monoisotopic (exact) mass is 336 g/mol. The summed E-state index contributed by atoms with van der Waals surface area (Å²) in [5, 5.41) is 2.70. The topological polar surface area (TPSA) is 32.3 Å². The van der Waals surface area contributed by atoms with Crippen LogP contribution in [0.3, 0.4) is 0 Å². The Balaban J connectivity index is 2.26. The van der Waals surface area contributed by atoms with Crippen molar-refractivity contribution in [1.82, 2.24) is 0 Å². The van der Waals surface area contributed by atoms with Crippen molar-refractivity contribution in [3.05, 3.63) is 58.3 Å². The molecule has 0 spiro atoms. The van der Waals surface area contributed by atoms with E-state index in [0.29, 0.717) is 10.2 Å². The number of hydrogen-bond acceptors (Lipinski definition) is 2. The van der Waals surface area contributed by atoms with E-state index < -0.39 is 11.7 Å². The summed E-state index contributed by atoms with van der Waals surface area (Å²) < 4.78 is 14.1. The lowest BCUT2D eigenvalue weighted by Gasteiger charge is -2.14. The van der Waals surface area contributed by atoms with Gasteiger partial charge in [0.05, 0.1) is 5.56 Å². The molecule has 0 atom stereocenters. The lowest BCUT2D eigenvalue weighted by atomic mass is 10.2. The first-order valence-corrected chi connectivity index (χ1v) is 6.81. The average Bonchev–Trinajstić information content (AvgIpc) is 2.38. The number of carbonyl (C=O) groups is 1. The Labute approximate surface area is 125 Å². The van der Waals surface area contributed by atoms with Crippen LogP contribution in [0.2, 0.25) is 0 Å². The van der Waals surface area contributed by atoms with Gasteiger partial charge in [-0.3, -0.25) is 4.79 Å². The second-order valence-electron chi connectivity index (χ2n) is 4.50. The van der Waals surface area contributed by atoms with E-state index in [2.05, 4.69) is 21.2 Å². The molecular weight excluding hydrogens is 323 g/mol. The van der Waals surface area contributed by atoms with Gasteiger partial charge >= 0.3 is 0 Å². The standard InChI is InChI=1S/C15H14BrFN2O/c1-19(2)11-6-3-5-10(9-11)18-15(20)14-12(16)7-4-8-13(14)17/h3-9H,1-2H3,(H,18,20). The fourth-order valence-electron chi connectivity index (χ4n) is 1.77. The molecule has 1 N–H and O–H groups in total. The Bertz CT molecular complexity index is 623. The third kappa shape index (κ3) is 3.17. The Kier molecular flexibility index (Phi) is 4.39. The van der Waals surface area contributed by atoms with Crippen LogP contribution in [-0.4, -0.2) is 20.0 Å². The molecule has 0 heterocycles. The highest BCUT2D eigenvalue weighted by atomic mass is 79.9. The van der Waals surface area contributed by atoms with Crippen molar-refractivity contribution >= 4 is 33.2 Å². The quantitative estimate of drug-likeness (QED) is 0.921. The van der Waals surface area contributed by atoms with E-state index >= 15 is 0 Å². The number of amides is 1. The molecule has 0 aliphatic heterocycles. The fraction of sp³-hybridized carbons (Fsp3) is 0.133. The lowest BCUT2D eigenvalue weighted by Crippen LogP contribution is -2.15. The third-order valence-electron chi connectivity index (χ3n) is 2.81. The molecule has 1 amide bonds. The van der Waals surface area contributed by atoms with Gasteiger partial charge in [-0.15, -0.1) is 0 Å². The van der Waals surface area contributed by atoms with Crippen molar-refractivity contribution in [2.45, 2.75) is 0 Å². The first kappa shape index (κ1) is 14.5. The molecule has 0 aliphatic rings. The number of halogens is 2. The summed E-state index contributed by atoms with van der Waals surface area (Å²) in [6, 6.07) is 11.8. The molecule has 2 rings (SSSR count). The maximum atomic E-state index is 13.7. The minimum absolute atomic E-state index is 0.00255. The number of benzene rings is 2. The van der Waals surface area contributed by atoms with Gasteiger partial charge in [-0.25, -0.2) is 4.39 Å². The fourth-order valence-corrected chi connectivity index (χ4v) is 2.29. The van der Waals surface area contributed by atoms with Gasteiger partial charge in [0.2, 0.25) is 0 Å². The smallest absolute Gasteiger partial charge is 0.259 e. The zero-order valence-corrected chi connectivity index (χ0v) is 12.7. The molecule has 0 fully saturated rings. The van der Waals surface area contributed by atoms with Crippen LogP contribution in [0.1, 0.15) is 10.4 Å². The molecule has 104 valence electrons. The number of carbonyl (C=O) groups excluding carboxylic acids is 1. The van der Waals surface area contributed by atoms with E-state index in [0.717, 1.165) is 5.69 Å². The van der Waals surface area contributed by atoms with Crippen LogP contribution in [-0.2, 0) is 0 Å². The zero-order valence-electron chi connectivity index (χ0n) is 11.2. The summed E-state index contributed by atoms with van der Waals surface area (Å²) in [6.07, 6.45) is 0. The maximum Gasteiger partial charge on any atom is 0.259 e. The molecule has 0 unspecified atom stereocenters. The summed E-state index contributed by atoms with van der Waals surface area (Å²) in [5.41, 5.74) is 1.58. The highest BCUT2D eigenvalue weighted by Gasteiger charge is 2.15. The molecule has 0 saturated carbocycles. The van der Waals surface area contributed by atoms with E-state index in [1.807, 2.05) is 37.2 Å². The van der Waals surface area contributed by atoms with E-state index in [1.54, 1.807) is 18.2 Å². The summed E-state index contributed by atoms with van der Waals surface area (Å²) in [6.45, 7) is 0. The van der Waals surface area contributed by atoms with E-state index in [1.165, 1.54) is 6.07 Å². The Hall–Kier alpha value is -1.88. The van der Waals surface area contributed by atoms with Crippen molar-refractivity contribution in [2.75, 3.05) is 24.3 Å². The second kappa shape index (κ2) is 6.05. The van der Waals surface area contributed by atoms with Gasteiger partial charge in [0, 0.05) is 29.9 Å². The molecule has 3 nitrogen and oxygen atoms in total. The molecule has 20 heavy (non-hydrogen) atoms. The van der Waals surface area contributed by atoms with Crippen LogP contribution in [0.4, 0.5) is 15.8 Å². The highest BCUT2D eigenvalue weighted by molar-refractivity contribution is 9.10. The molecule has 0 radical (unpaired) electrons. The van der Waals surface area contributed by atoms with Crippen LogP contribution in [0.25, 0.3) is 0 Å². The summed E-state index contributed by atoms with van der Waals surface area (Å²) >= 11 is 3.19. The van der Waals surface area contributed by atoms with Crippen LogP contribution in [0, 0.1) is 5.82 Å². The minimum atomic E-state index is -0.555. The summed E-state index contributed by atoms with van der Waals surface area (Å²) in [4.78, 5) is 14.1. The van der Waals surface area contributed by atoms with Gasteiger partial charge < -0.3 is 10.2 Å². The van der Waals surface area contributed by atoms with Gasteiger partial charge in [-0.05, 0) is 46.3 Å². The Morgan fingerprint density at radius 1 is 1.20 bits per heavy atom. The van der Waals surface area contributed by atoms with Crippen LogP contribution < -0.4 is 10.2 Å². The predicted octanol–water partition coefficient (Wildman–Crippen LogP) is 3.91. The molecule has 2 aromatic rings. The number of nitrogens with one attached hydrogen (secondary N) is 1. The first-order valence-electron chi connectivity index (χ1n) is 6.02. The van der Waals surface area contributed by atoms with Crippen molar-refractivity contribution < 1.29 is 9.18 Å². The summed E-state index contributed by atoms with van der Waals surface area (Å²) in [7, 11) is 3.82. The van der Waals surface area contributed by atoms with E-state index in [-0.39, 0.29) is 5.56 Å². The number of hydrogen-bond donors (Lipinski definition) is 1. The first-order chi connectivity index (χ1) is 9.49. The van der Waals surface area contributed by atoms with Crippen LogP contribution in [0.15, 0.2) is 46.9 Å². The predicted molar refractivity (Wildman–Crippen MR) is 82.8 cm³/mol. The van der Waals surface area contributed by atoms with Gasteiger partial charge in [0.25, 0.3) is 5.91 Å².